The molecule has 1 aliphatic rings. The number of thiocarbonyl (C=S) groups is 1. The largest absolute Gasteiger partial charge is 0.309 e. The Balaban J connectivity index is 2.14. The summed E-state index contributed by atoms with van der Waals surface area (Å²) in [6, 6.07) is 20.7. The molecule has 1 fully saturated rings. The number of para-hydroxylation sites is 1. The number of carbonyl (C=O) groups excluding carboxylic acids is 1. The SMILES string of the molecule is N#C[C@H]1C(=O)NC(=S)N(c2ccccc2)[C@H]1c1ccccc1. The van der Waals surface area contributed by atoms with E-state index in [-0.39, 0.29) is 5.91 Å². The van der Waals surface area contributed by atoms with Gasteiger partial charge in [0.1, 0.15) is 0 Å². The van der Waals surface area contributed by atoms with E-state index in [9.17, 15) is 10.1 Å². The maximum absolute atomic E-state index is 12.1. The number of carbonyl (C=O) groups is 1. The molecule has 2 aromatic rings. The van der Waals surface area contributed by atoms with E-state index in [1.165, 1.54) is 0 Å². The number of nitrogens with zero attached hydrogens (tertiary/aromatic N) is 2. The Bertz CT molecular complexity index is 740. The molecule has 1 amide bonds. The first-order valence-electron chi connectivity index (χ1n) is 6.86. The Hall–Kier alpha value is -2.71. The highest BCUT2D eigenvalue weighted by atomic mass is 32.1. The maximum atomic E-state index is 12.1. The Morgan fingerprint density at radius 1 is 1.05 bits per heavy atom. The third-order valence-corrected chi connectivity index (χ3v) is 3.94. The molecule has 4 nitrogen and oxygen atoms in total. The van der Waals surface area contributed by atoms with Gasteiger partial charge in [-0.15, -0.1) is 0 Å². The summed E-state index contributed by atoms with van der Waals surface area (Å²) in [5.41, 5.74) is 1.73. The Labute approximate surface area is 134 Å². The average molecular weight is 307 g/mol. The molecule has 0 unspecified atom stereocenters. The van der Waals surface area contributed by atoms with Gasteiger partial charge in [-0.05, 0) is 29.9 Å². The Morgan fingerprint density at radius 3 is 2.23 bits per heavy atom. The van der Waals surface area contributed by atoms with E-state index in [0.29, 0.717) is 5.11 Å². The van der Waals surface area contributed by atoms with Crippen molar-refractivity contribution in [3.63, 3.8) is 0 Å². The molecule has 0 aliphatic carbocycles. The van der Waals surface area contributed by atoms with Gasteiger partial charge in [0.05, 0.1) is 12.1 Å². The molecule has 3 rings (SSSR count). The van der Waals surface area contributed by atoms with Crippen molar-refractivity contribution in [2.75, 3.05) is 4.90 Å². The second-order valence-electron chi connectivity index (χ2n) is 4.96. The summed E-state index contributed by atoms with van der Waals surface area (Å²) in [5, 5.41) is 12.4. The van der Waals surface area contributed by atoms with E-state index in [0.717, 1.165) is 11.3 Å². The number of nitriles is 1. The molecule has 108 valence electrons. The molecule has 1 heterocycles. The fourth-order valence-electron chi connectivity index (χ4n) is 2.65. The molecule has 2 aromatic carbocycles. The highest BCUT2D eigenvalue weighted by molar-refractivity contribution is 7.80. The standard InChI is InChI=1S/C17H13N3OS/c18-11-14-15(12-7-3-1-4-8-12)20(17(22)19-16(14)21)13-9-5-2-6-10-13/h1-10,14-15H,(H,19,21,22)/t14-,15+/m1/s1. The van der Waals surface area contributed by atoms with Crippen LogP contribution < -0.4 is 10.2 Å². The van der Waals surface area contributed by atoms with Gasteiger partial charge >= 0.3 is 0 Å². The lowest BCUT2D eigenvalue weighted by Gasteiger charge is -2.40. The van der Waals surface area contributed by atoms with E-state index in [1.807, 2.05) is 65.6 Å². The molecule has 0 saturated carbocycles. The number of amides is 1. The number of nitrogens with one attached hydrogen (secondary N) is 1. The zero-order valence-corrected chi connectivity index (χ0v) is 12.5. The van der Waals surface area contributed by atoms with E-state index >= 15 is 0 Å². The van der Waals surface area contributed by atoms with Crippen molar-refractivity contribution in [2.24, 2.45) is 5.92 Å². The maximum Gasteiger partial charge on any atom is 0.245 e. The number of benzene rings is 2. The smallest absolute Gasteiger partial charge is 0.245 e. The summed E-state index contributed by atoms with van der Waals surface area (Å²) in [7, 11) is 0. The Kier molecular flexibility index (Phi) is 3.86. The molecular formula is C17H13N3OS. The van der Waals surface area contributed by atoms with Gasteiger partial charge in [-0.3, -0.25) is 4.79 Å². The first-order valence-corrected chi connectivity index (χ1v) is 7.27. The number of anilines is 1. The first-order chi connectivity index (χ1) is 10.7. The molecule has 0 bridgehead atoms. The quantitative estimate of drug-likeness (QED) is 0.867. The van der Waals surface area contributed by atoms with Gasteiger partial charge in [0.25, 0.3) is 0 Å². The van der Waals surface area contributed by atoms with Gasteiger partial charge in [-0.2, -0.15) is 5.26 Å². The Morgan fingerprint density at radius 2 is 1.64 bits per heavy atom. The van der Waals surface area contributed by atoms with Crippen LogP contribution in [0.25, 0.3) is 0 Å². The highest BCUT2D eigenvalue weighted by Crippen LogP contribution is 2.35. The fraction of sp³-hybridized carbons (Fsp3) is 0.118. The monoisotopic (exact) mass is 307 g/mol. The third-order valence-electron chi connectivity index (χ3n) is 3.64. The summed E-state index contributed by atoms with van der Waals surface area (Å²) in [6.45, 7) is 0. The molecule has 2 atom stereocenters. The summed E-state index contributed by atoms with van der Waals surface area (Å²) >= 11 is 5.35. The van der Waals surface area contributed by atoms with Crippen molar-refractivity contribution >= 4 is 28.9 Å². The molecule has 1 aliphatic heterocycles. The lowest BCUT2D eigenvalue weighted by molar-refractivity contribution is -0.123. The van der Waals surface area contributed by atoms with Crippen LogP contribution in [0.3, 0.4) is 0 Å². The van der Waals surface area contributed by atoms with Crippen molar-refractivity contribution < 1.29 is 4.79 Å². The predicted octanol–water partition coefficient (Wildman–Crippen LogP) is 2.79. The van der Waals surface area contributed by atoms with Crippen LogP contribution in [0.2, 0.25) is 0 Å². The minimum absolute atomic E-state index is 0.316. The van der Waals surface area contributed by atoms with Crippen molar-refractivity contribution in [1.29, 1.82) is 5.26 Å². The zero-order valence-electron chi connectivity index (χ0n) is 11.6. The fourth-order valence-corrected chi connectivity index (χ4v) is 2.97. The second kappa shape index (κ2) is 5.96. The summed E-state index contributed by atoms with van der Waals surface area (Å²) in [4.78, 5) is 14.0. The minimum atomic E-state index is -0.825. The highest BCUT2D eigenvalue weighted by Gasteiger charge is 2.41. The molecule has 0 aromatic heterocycles. The minimum Gasteiger partial charge on any atom is -0.309 e. The van der Waals surface area contributed by atoms with Crippen molar-refractivity contribution in [1.82, 2.24) is 5.32 Å². The predicted molar refractivity (Wildman–Crippen MR) is 87.9 cm³/mol. The van der Waals surface area contributed by atoms with E-state index in [1.54, 1.807) is 0 Å². The van der Waals surface area contributed by atoms with E-state index < -0.39 is 12.0 Å². The van der Waals surface area contributed by atoms with Crippen molar-refractivity contribution in [3.8, 4) is 6.07 Å². The molecular weight excluding hydrogens is 294 g/mol. The molecule has 22 heavy (non-hydrogen) atoms. The number of rotatable bonds is 2. The third kappa shape index (κ3) is 2.45. The normalized spacial score (nSPS) is 21.1. The van der Waals surface area contributed by atoms with Crippen LogP contribution >= 0.6 is 12.2 Å². The van der Waals surface area contributed by atoms with Crippen LogP contribution in [-0.4, -0.2) is 11.0 Å². The topological polar surface area (TPSA) is 56.1 Å². The molecule has 5 heteroatoms. The molecule has 1 saturated heterocycles. The van der Waals surface area contributed by atoms with Gasteiger partial charge in [-0.25, -0.2) is 0 Å². The second-order valence-corrected chi connectivity index (χ2v) is 5.35. The van der Waals surface area contributed by atoms with Gasteiger partial charge in [0.15, 0.2) is 11.0 Å². The van der Waals surface area contributed by atoms with Crippen molar-refractivity contribution in [3.05, 3.63) is 66.2 Å². The average Bonchev–Trinajstić information content (AvgIpc) is 2.56. The van der Waals surface area contributed by atoms with Gasteiger partial charge in [0.2, 0.25) is 5.91 Å². The van der Waals surface area contributed by atoms with Gasteiger partial charge in [-0.1, -0.05) is 48.5 Å². The van der Waals surface area contributed by atoms with Gasteiger partial charge < -0.3 is 10.2 Å². The van der Waals surface area contributed by atoms with Crippen LogP contribution in [-0.2, 0) is 4.79 Å². The van der Waals surface area contributed by atoms with Crippen molar-refractivity contribution in [2.45, 2.75) is 6.04 Å². The lowest BCUT2D eigenvalue weighted by Crippen LogP contribution is -2.55. The van der Waals surface area contributed by atoms with Gasteiger partial charge in [0, 0.05) is 5.69 Å². The summed E-state index contributed by atoms with van der Waals surface area (Å²) < 4.78 is 0. The first kappa shape index (κ1) is 14.2. The van der Waals surface area contributed by atoms with Crippen LogP contribution in [0.4, 0.5) is 5.69 Å². The molecule has 0 radical (unpaired) electrons. The van der Waals surface area contributed by atoms with Crippen LogP contribution in [0, 0.1) is 17.2 Å². The van der Waals surface area contributed by atoms with E-state index in [2.05, 4.69) is 11.4 Å². The summed E-state index contributed by atoms with van der Waals surface area (Å²) in [6.07, 6.45) is 0. The molecule has 0 spiro atoms. The van der Waals surface area contributed by atoms with Crippen LogP contribution in [0.15, 0.2) is 60.7 Å². The van der Waals surface area contributed by atoms with E-state index in [4.69, 9.17) is 12.2 Å². The lowest BCUT2D eigenvalue weighted by atomic mass is 9.90. The zero-order chi connectivity index (χ0) is 15.5. The number of hydrogen-bond acceptors (Lipinski definition) is 3. The van der Waals surface area contributed by atoms with Crippen LogP contribution in [0.1, 0.15) is 11.6 Å². The number of hydrogen-bond donors (Lipinski definition) is 1. The molecule has 1 N–H and O–H groups in total. The van der Waals surface area contributed by atoms with Crippen LogP contribution in [0.5, 0.6) is 0 Å². The summed E-state index contributed by atoms with van der Waals surface area (Å²) in [5.74, 6) is -1.18.